The van der Waals surface area contributed by atoms with Crippen LogP contribution in [0.4, 0.5) is 0 Å². The van der Waals surface area contributed by atoms with Gasteiger partial charge in [0, 0.05) is 5.92 Å². The normalized spacial score (nSPS) is 48.9. The molecule has 4 unspecified atom stereocenters. The zero-order chi connectivity index (χ0) is 14.4. The van der Waals surface area contributed by atoms with Crippen LogP contribution < -0.4 is 0 Å². The first-order valence-electron chi connectivity index (χ1n) is 9.62. The highest BCUT2D eigenvalue weighted by molar-refractivity contribution is 5.02. The number of rotatable bonds is 2. The van der Waals surface area contributed by atoms with E-state index in [0.29, 0.717) is 17.8 Å². The van der Waals surface area contributed by atoms with E-state index in [1.165, 1.54) is 70.6 Å². The van der Waals surface area contributed by atoms with Crippen molar-refractivity contribution in [1.82, 2.24) is 0 Å². The minimum absolute atomic E-state index is 0.204. The van der Waals surface area contributed by atoms with Gasteiger partial charge < -0.3 is 10.2 Å². The number of hydrogen-bond donors (Lipinski definition) is 2. The summed E-state index contributed by atoms with van der Waals surface area (Å²) in [5.74, 6) is 3.31. The van der Waals surface area contributed by atoms with Crippen LogP contribution >= 0.6 is 0 Å². The molecule has 2 heteroatoms. The first-order chi connectivity index (χ1) is 10.3. The van der Waals surface area contributed by atoms with E-state index in [1.807, 2.05) is 0 Å². The van der Waals surface area contributed by atoms with Crippen LogP contribution in [0.25, 0.3) is 0 Å². The quantitative estimate of drug-likeness (QED) is 0.813. The lowest BCUT2D eigenvalue weighted by Gasteiger charge is -2.41. The molecule has 0 radical (unpaired) electrons. The van der Waals surface area contributed by atoms with Crippen LogP contribution in [0.2, 0.25) is 0 Å². The first-order valence-corrected chi connectivity index (χ1v) is 9.62. The third-order valence-electron chi connectivity index (χ3n) is 7.67. The van der Waals surface area contributed by atoms with Crippen LogP contribution in [0.5, 0.6) is 0 Å². The molecule has 0 spiro atoms. The average molecular weight is 292 g/mol. The van der Waals surface area contributed by atoms with Gasteiger partial charge in [-0.05, 0) is 48.9 Å². The summed E-state index contributed by atoms with van der Waals surface area (Å²) < 4.78 is 0. The van der Waals surface area contributed by atoms with Crippen molar-refractivity contribution in [2.45, 2.75) is 82.8 Å². The molecule has 0 aromatic carbocycles. The molecule has 4 rings (SSSR count). The molecule has 21 heavy (non-hydrogen) atoms. The largest absolute Gasteiger partial charge is 0.392 e. The molecule has 4 fully saturated rings. The predicted molar refractivity (Wildman–Crippen MR) is 83.7 cm³/mol. The van der Waals surface area contributed by atoms with Crippen LogP contribution in [-0.4, -0.2) is 22.4 Å². The lowest BCUT2D eigenvalue weighted by molar-refractivity contribution is -0.0714. The van der Waals surface area contributed by atoms with E-state index in [1.54, 1.807) is 0 Å². The van der Waals surface area contributed by atoms with E-state index < -0.39 is 0 Å². The van der Waals surface area contributed by atoms with E-state index in [9.17, 15) is 10.2 Å². The van der Waals surface area contributed by atoms with Crippen molar-refractivity contribution in [2.75, 3.05) is 0 Å². The molecular formula is C19H32O2. The fourth-order valence-corrected chi connectivity index (χ4v) is 6.62. The molecule has 4 saturated carbocycles. The Morgan fingerprint density at radius 3 is 1.67 bits per heavy atom. The fourth-order valence-electron chi connectivity index (χ4n) is 6.62. The Bertz CT molecular complexity index is 343. The van der Waals surface area contributed by atoms with Gasteiger partial charge in [0.05, 0.1) is 12.2 Å². The zero-order valence-electron chi connectivity index (χ0n) is 13.3. The third kappa shape index (κ3) is 2.47. The van der Waals surface area contributed by atoms with Crippen LogP contribution in [0.15, 0.2) is 0 Å². The minimum atomic E-state index is -0.215. The second-order valence-corrected chi connectivity index (χ2v) is 8.55. The van der Waals surface area contributed by atoms with Crippen molar-refractivity contribution in [3.05, 3.63) is 0 Å². The summed E-state index contributed by atoms with van der Waals surface area (Å²) in [5, 5.41) is 21.9. The van der Waals surface area contributed by atoms with Crippen molar-refractivity contribution in [3.8, 4) is 0 Å². The summed E-state index contributed by atoms with van der Waals surface area (Å²) in [6.45, 7) is 0. The Labute approximate surface area is 129 Å². The zero-order valence-corrected chi connectivity index (χ0v) is 13.3. The molecule has 6 atom stereocenters. The number of hydrogen-bond acceptors (Lipinski definition) is 2. The molecule has 0 bridgehead atoms. The van der Waals surface area contributed by atoms with Gasteiger partial charge in [0.25, 0.3) is 0 Å². The molecule has 4 aliphatic rings. The molecule has 0 heterocycles. The van der Waals surface area contributed by atoms with E-state index in [-0.39, 0.29) is 18.1 Å². The summed E-state index contributed by atoms with van der Waals surface area (Å²) >= 11 is 0. The maximum absolute atomic E-state index is 11.0. The Morgan fingerprint density at radius 2 is 1.05 bits per heavy atom. The summed E-state index contributed by atoms with van der Waals surface area (Å²) in [4.78, 5) is 0. The van der Waals surface area contributed by atoms with Crippen LogP contribution in [-0.2, 0) is 0 Å². The molecule has 2 N–H and O–H groups in total. The average Bonchev–Trinajstić information content (AvgIpc) is 3.19. The van der Waals surface area contributed by atoms with E-state index in [2.05, 4.69) is 0 Å². The van der Waals surface area contributed by atoms with Gasteiger partial charge in [0.1, 0.15) is 0 Å². The van der Waals surface area contributed by atoms with Gasteiger partial charge in [-0.3, -0.25) is 0 Å². The first kappa shape index (κ1) is 14.5. The molecule has 0 aromatic rings. The maximum atomic E-state index is 11.0. The van der Waals surface area contributed by atoms with Gasteiger partial charge >= 0.3 is 0 Å². The SMILES string of the molecule is OC1C2C(CC[C@@H]1C1CCCC1)C[C@@H](C1CCCC1)C2O. The van der Waals surface area contributed by atoms with Crippen molar-refractivity contribution >= 4 is 0 Å². The van der Waals surface area contributed by atoms with Gasteiger partial charge in [-0.25, -0.2) is 0 Å². The van der Waals surface area contributed by atoms with Gasteiger partial charge in [0.15, 0.2) is 0 Å². The van der Waals surface area contributed by atoms with E-state index in [4.69, 9.17) is 0 Å². The van der Waals surface area contributed by atoms with E-state index in [0.717, 1.165) is 11.8 Å². The molecule has 0 saturated heterocycles. The second-order valence-electron chi connectivity index (χ2n) is 8.55. The lowest BCUT2D eigenvalue weighted by atomic mass is 9.68. The minimum Gasteiger partial charge on any atom is -0.392 e. The monoisotopic (exact) mass is 292 g/mol. The molecule has 4 aliphatic carbocycles. The molecule has 0 aromatic heterocycles. The van der Waals surface area contributed by atoms with Crippen LogP contribution in [0.3, 0.4) is 0 Å². The second kappa shape index (κ2) is 5.85. The molecule has 0 amide bonds. The lowest BCUT2D eigenvalue weighted by Crippen LogP contribution is -2.44. The number of aliphatic hydroxyl groups is 2. The Kier molecular flexibility index (Phi) is 4.04. The van der Waals surface area contributed by atoms with E-state index >= 15 is 0 Å². The topological polar surface area (TPSA) is 40.5 Å². The molecule has 0 aliphatic heterocycles. The van der Waals surface area contributed by atoms with Crippen molar-refractivity contribution in [1.29, 1.82) is 0 Å². The van der Waals surface area contributed by atoms with Crippen molar-refractivity contribution in [2.24, 2.45) is 35.5 Å². The van der Waals surface area contributed by atoms with Gasteiger partial charge in [-0.15, -0.1) is 0 Å². The Morgan fingerprint density at radius 1 is 0.524 bits per heavy atom. The Balaban J connectivity index is 1.48. The summed E-state index contributed by atoms with van der Waals surface area (Å²) in [6.07, 6.45) is 14.0. The van der Waals surface area contributed by atoms with Gasteiger partial charge in [-0.2, -0.15) is 0 Å². The highest BCUT2D eigenvalue weighted by Gasteiger charge is 2.53. The highest BCUT2D eigenvalue weighted by Crippen LogP contribution is 2.54. The van der Waals surface area contributed by atoms with Crippen molar-refractivity contribution in [3.63, 3.8) is 0 Å². The number of fused-ring (bicyclic) bond motifs is 1. The predicted octanol–water partition coefficient (Wildman–Crippen LogP) is 3.75. The summed E-state index contributed by atoms with van der Waals surface area (Å²) in [7, 11) is 0. The Hall–Kier alpha value is -0.0800. The molecular weight excluding hydrogens is 260 g/mol. The van der Waals surface area contributed by atoms with Gasteiger partial charge in [0.2, 0.25) is 0 Å². The molecule has 2 nitrogen and oxygen atoms in total. The highest BCUT2D eigenvalue weighted by atomic mass is 16.3. The van der Waals surface area contributed by atoms with Crippen molar-refractivity contribution < 1.29 is 10.2 Å². The summed E-state index contributed by atoms with van der Waals surface area (Å²) in [5.41, 5.74) is 0. The van der Waals surface area contributed by atoms with Gasteiger partial charge in [-0.1, -0.05) is 51.4 Å². The van der Waals surface area contributed by atoms with Crippen LogP contribution in [0, 0.1) is 35.5 Å². The summed E-state index contributed by atoms with van der Waals surface area (Å²) in [6, 6.07) is 0. The maximum Gasteiger partial charge on any atom is 0.0626 e. The molecule has 120 valence electrons. The smallest absolute Gasteiger partial charge is 0.0626 e. The fraction of sp³-hybridized carbons (Fsp3) is 1.00. The number of aliphatic hydroxyl groups excluding tert-OH is 2. The van der Waals surface area contributed by atoms with Crippen LogP contribution in [0.1, 0.15) is 70.6 Å². The third-order valence-corrected chi connectivity index (χ3v) is 7.67. The standard InChI is InChI=1S/C19H32O2/c20-18-15(12-5-1-2-6-12)10-9-14-11-16(19(21)17(14)18)13-7-3-4-8-13/h12-21H,1-11H2/t14?,15-,16+,17?,18?,19?/m1/s1.